The molecule has 1 N–H and O–H groups in total. The monoisotopic (exact) mass is 624 g/mol. The van der Waals surface area contributed by atoms with E-state index in [9.17, 15) is 9.59 Å². The molecule has 6 rings (SSSR count). The largest absolute Gasteiger partial charge is 0.488 e. The maximum Gasteiger partial charge on any atom is 0.270 e. The third kappa shape index (κ3) is 6.10. The SMILES string of the molecule is O=C1NC(=S)N(c2ccc(Oc3ccccc3)cc2)C(=O)/C1=C/c1c(OCc2ccc(Cl)cc2Cl)ccc2ccccc12. The number of nitrogens with zero attached hydrogens (tertiary/aromatic N) is 1. The van der Waals surface area contributed by atoms with Gasteiger partial charge in [0.05, 0.1) is 5.69 Å². The van der Waals surface area contributed by atoms with Gasteiger partial charge in [-0.05, 0) is 83.7 Å². The molecule has 6 nitrogen and oxygen atoms in total. The van der Waals surface area contributed by atoms with Crippen LogP contribution in [0.5, 0.6) is 17.2 Å². The van der Waals surface area contributed by atoms with Crippen LogP contribution in [0.25, 0.3) is 16.8 Å². The van der Waals surface area contributed by atoms with Gasteiger partial charge in [0.25, 0.3) is 11.8 Å². The first-order valence-electron chi connectivity index (χ1n) is 13.2. The lowest BCUT2D eigenvalue weighted by atomic mass is 9.99. The normalized spacial score (nSPS) is 14.2. The van der Waals surface area contributed by atoms with Gasteiger partial charge in [0, 0.05) is 21.2 Å². The van der Waals surface area contributed by atoms with Crippen LogP contribution >= 0.6 is 35.4 Å². The highest BCUT2D eigenvalue weighted by Gasteiger charge is 2.35. The summed E-state index contributed by atoms with van der Waals surface area (Å²) in [6, 6.07) is 32.8. The molecule has 0 unspecified atom stereocenters. The average Bonchev–Trinajstić information content (AvgIpc) is 3.00. The van der Waals surface area contributed by atoms with E-state index < -0.39 is 11.8 Å². The zero-order valence-electron chi connectivity index (χ0n) is 22.4. The number of anilines is 1. The van der Waals surface area contributed by atoms with Crippen molar-refractivity contribution in [3.05, 3.63) is 136 Å². The summed E-state index contributed by atoms with van der Waals surface area (Å²) in [6.07, 6.45) is 1.54. The molecular weight excluding hydrogens is 603 g/mol. The Bertz CT molecular complexity index is 1910. The topological polar surface area (TPSA) is 67.9 Å². The quantitative estimate of drug-likeness (QED) is 0.112. The minimum Gasteiger partial charge on any atom is -0.488 e. The van der Waals surface area contributed by atoms with Gasteiger partial charge < -0.3 is 9.47 Å². The summed E-state index contributed by atoms with van der Waals surface area (Å²) in [5, 5.41) is 5.34. The molecule has 1 saturated heterocycles. The van der Waals surface area contributed by atoms with Gasteiger partial charge in [-0.2, -0.15) is 0 Å². The molecule has 1 fully saturated rings. The zero-order chi connectivity index (χ0) is 29.9. The van der Waals surface area contributed by atoms with Gasteiger partial charge in [0.15, 0.2) is 5.11 Å². The molecule has 1 heterocycles. The average molecular weight is 626 g/mol. The number of benzene rings is 5. The van der Waals surface area contributed by atoms with Crippen LogP contribution in [0.4, 0.5) is 5.69 Å². The Kier molecular flexibility index (Phi) is 8.11. The van der Waals surface area contributed by atoms with Crippen LogP contribution in [0.2, 0.25) is 10.0 Å². The Labute approximate surface area is 263 Å². The van der Waals surface area contributed by atoms with Gasteiger partial charge in [-0.15, -0.1) is 0 Å². The molecule has 0 aliphatic carbocycles. The van der Waals surface area contributed by atoms with Crippen LogP contribution in [0.15, 0.2) is 115 Å². The van der Waals surface area contributed by atoms with Crippen LogP contribution in [0, 0.1) is 0 Å². The predicted molar refractivity (Wildman–Crippen MR) is 174 cm³/mol. The third-order valence-corrected chi connectivity index (χ3v) is 7.66. The number of hydrogen-bond donors (Lipinski definition) is 1. The van der Waals surface area contributed by atoms with E-state index in [0.717, 1.165) is 16.3 Å². The first-order chi connectivity index (χ1) is 20.9. The van der Waals surface area contributed by atoms with Crippen molar-refractivity contribution >= 4 is 74.9 Å². The van der Waals surface area contributed by atoms with E-state index in [1.165, 1.54) is 4.90 Å². The molecule has 43 heavy (non-hydrogen) atoms. The van der Waals surface area contributed by atoms with E-state index in [1.807, 2.05) is 60.7 Å². The summed E-state index contributed by atoms with van der Waals surface area (Å²) in [4.78, 5) is 28.3. The second-order valence-electron chi connectivity index (χ2n) is 9.59. The number of fused-ring (bicyclic) bond motifs is 1. The number of amides is 2. The Morgan fingerprint density at radius 3 is 2.30 bits per heavy atom. The summed E-state index contributed by atoms with van der Waals surface area (Å²) >= 11 is 17.8. The van der Waals surface area contributed by atoms with Crippen LogP contribution in [0.1, 0.15) is 11.1 Å². The van der Waals surface area contributed by atoms with Gasteiger partial charge in [0.2, 0.25) is 0 Å². The second kappa shape index (κ2) is 12.3. The van der Waals surface area contributed by atoms with Gasteiger partial charge in [-0.3, -0.25) is 19.8 Å². The predicted octanol–water partition coefficient (Wildman–Crippen LogP) is 8.35. The molecule has 0 spiro atoms. The Morgan fingerprint density at radius 1 is 0.814 bits per heavy atom. The molecule has 0 atom stereocenters. The number of para-hydroxylation sites is 1. The molecule has 0 aromatic heterocycles. The number of ether oxygens (including phenoxy) is 2. The number of halogens is 2. The highest BCUT2D eigenvalue weighted by Crippen LogP contribution is 2.33. The number of nitrogens with one attached hydrogen (secondary N) is 1. The van der Waals surface area contributed by atoms with Crippen molar-refractivity contribution in [2.75, 3.05) is 4.90 Å². The first-order valence-corrected chi connectivity index (χ1v) is 14.4. The molecule has 0 saturated carbocycles. The van der Waals surface area contributed by atoms with Crippen LogP contribution < -0.4 is 19.7 Å². The van der Waals surface area contributed by atoms with Crippen LogP contribution in [0.3, 0.4) is 0 Å². The number of carbonyl (C=O) groups is 2. The maximum absolute atomic E-state index is 13.8. The van der Waals surface area contributed by atoms with Crippen molar-refractivity contribution in [3.8, 4) is 17.2 Å². The lowest BCUT2D eigenvalue weighted by Gasteiger charge is -2.29. The third-order valence-electron chi connectivity index (χ3n) is 6.79. The number of rotatable bonds is 7. The highest BCUT2D eigenvalue weighted by molar-refractivity contribution is 7.80. The molecule has 9 heteroatoms. The summed E-state index contributed by atoms with van der Waals surface area (Å²) in [5.74, 6) is 0.576. The maximum atomic E-state index is 13.8. The van der Waals surface area contributed by atoms with E-state index in [4.69, 9.17) is 44.9 Å². The lowest BCUT2D eigenvalue weighted by molar-refractivity contribution is -0.122. The summed E-state index contributed by atoms with van der Waals surface area (Å²) < 4.78 is 12.1. The van der Waals surface area contributed by atoms with Gasteiger partial charge in [0.1, 0.15) is 29.4 Å². The molecule has 5 aromatic carbocycles. The lowest BCUT2D eigenvalue weighted by Crippen LogP contribution is -2.54. The van der Waals surface area contributed by atoms with Gasteiger partial charge >= 0.3 is 0 Å². The minimum absolute atomic E-state index is 0.0179. The minimum atomic E-state index is -0.602. The van der Waals surface area contributed by atoms with E-state index in [2.05, 4.69) is 5.32 Å². The van der Waals surface area contributed by atoms with Crippen molar-refractivity contribution in [2.24, 2.45) is 0 Å². The molecular formula is C34H22Cl2N2O4S. The number of carbonyl (C=O) groups excluding carboxylic acids is 2. The fraction of sp³-hybridized carbons (Fsp3) is 0.0294. The van der Waals surface area contributed by atoms with Crippen molar-refractivity contribution in [2.45, 2.75) is 6.61 Å². The Morgan fingerprint density at radius 2 is 1.53 bits per heavy atom. The van der Waals surface area contributed by atoms with E-state index >= 15 is 0 Å². The molecule has 0 radical (unpaired) electrons. The molecule has 1 aliphatic heterocycles. The van der Waals surface area contributed by atoms with E-state index in [-0.39, 0.29) is 17.3 Å². The zero-order valence-corrected chi connectivity index (χ0v) is 24.7. The first kappa shape index (κ1) is 28.4. The second-order valence-corrected chi connectivity index (χ2v) is 10.8. The van der Waals surface area contributed by atoms with Crippen molar-refractivity contribution < 1.29 is 19.1 Å². The smallest absolute Gasteiger partial charge is 0.270 e. The number of thiocarbonyl (C=S) groups is 1. The number of hydrogen-bond acceptors (Lipinski definition) is 5. The van der Waals surface area contributed by atoms with E-state index in [1.54, 1.807) is 54.6 Å². The fourth-order valence-corrected chi connectivity index (χ4v) is 5.41. The molecule has 2 amide bonds. The standard InChI is InChI=1S/C34H22Cl2N2O4S/c35-23-12-10-22(30(36)18-23)20-41-31-17-11-21-6-4-5-9-27(21)28(31)19-29-32(39)37-34(43)38(33(29)40)24-13-15-26(16-14-24)42-25-7-2-1-3-8-25/h1-19H,20H2,(H,37,39,43)/b29-19+. The van der Waals surface area contributed by atoms with Crippen molar-refractivity contribution in [3.63, 3.8) is 0 Å². The fourth-order valence-electron chi connectivity index (χ4n) is 4.67. The molecule has 0 bridgehead atoms. The summed E-state index contributed by atoms with van der Waals surface area (Å²) in [7, 11) is 0. The van der Waals surface area contributed by atoms with Crippen LogP contribution in [-0.4, -0.2) is 16.9 Å². The molecule has 212 valence electrons. The summed E-state index contributed by atoms with van der Waals surface area (Å²) in [6.45, 7) is 0.151. The van der Waals surface area contributed by atoms with Gasteiger partial charge in [-0.1, -0.05) is 77.8 Å². The highest BCUT2D eigenvalue weighted by atomic mass is 35.5. The van der Waals surface area contributed by atoms with Crippen LogP contribution in [-0.2, 0) is 16.2 Å². The summed E-state index contributed by atoms with van der Waals surface area (Å²) in [5.41, 5.74) is 1.69. The van der Waals surface area contributed by atoms with Crippen molar-refractivity contribution in [1.82, 2.24) is 5.32 Å². The Hall–Kier alpha value is -4.69. The van der Waals surface area contributed by atoms with E-state index in [0.29, 0.717) is 38.5 Å². The van der Waals surface area contributed by atoms with Gasteiger partial charge in [-0.25, -0.2) is 0 Å². The Balaban J connectivity index is 1.34. The molecule has 5 aromatic rings. The molecule has 1 aliphatic rings. The van der Waals surface area contributed by atoms with Crippen molar-refractivity contribution in [1.29, 1.82) is 0 Å².